The van der Waals surface area contributed by atoms with Crippen LogP contribution in [0.1, 0.15) is 11.1 Å². The van der Waals surface area contributed by atoms with Gasteiger partial charge in [0, 0.05) is 5.56 Å². The van der Waals surface area contributed by atoms with Crippen molar-refractivity contribution in [2.24, 2.45) is 0 Å². The van der Waals surface area contributed by atoms with E-state index in [9.17, 15) is 4.79 Å². The largest absolute Gasteiger partial charge is 0.457 e. The monoisotopic (exact) mass is 411 g/mol. The van der Waals surface area contributed by atoms with Gasteiger partial charge in [-0.05, 0) is 48.4 Å². The predicted molar refractivity (Wildman–Crippen MR) is 119 cm³/mol. The summed E-state index contributed by atoms with van der Waals surface area (Å²) in [5.41, 5.74) is 2.72. The number of thiazole rings is 1. The first-order chi connectivity index (χ1) is 14.7. The molecule has 0 aliphatic carbocycles. The normalized spacial score (nSPS) is 11.8. The van der Waals surface area contributed by atoms with E-state index in [4.69, 9.17) is 4.74 Å². The SMILES string of the molecule is Cc1ccccc1-c1nc2sc(=Cc3cccc(Oc4ccccc4)c3)c(=O)n2n1. The Hall–Kier alpha value is -3.77. The summed E-state index contributed by atoms with van der Waals surface area (Å²) in [5, 5.41) is 4.44. The third-order valence-corrected chi connectivity index (χ3v) is 5.66. The molecule has 5 aromatic rings. The highest BCUT2D eigenvalue weighted by Crippen LogP contribution is 2.22. The number of aryl methyl sites for hydroxylation is 1. The first-order valence-corrected chi connectivity index (χ1v) is 10.3. The van der Waals surface area contributed by atoms with Crippen molar-refractivity contribution in [1.82, 2.24) is 14.6 Å². The maximum absolute atomic E-state index is 12.8. The second-order valence-corrected chi connectivity index (χ2v) is 7.86. The summed E-state index contributed by atoms with van der Waals surface area (Å²) in [6.45, 7) is 2.01. The van der Waals surface area contributed by atoms with Crippen LogP contribution in [0.15, 0.2) is 83.7 Å². The van der Waals surface area contributed by atoms with Crippen LogP contribution < -0.4 is 14.8 Å². The number of nitrogens with zero attached hydrogens (tertiary/aromatic N) is 3. The summed E-state index contributed by atoms with van der Waals surface area (Å²) in [4.78, 5) is 18.0. The van der Waals surface area contributed by atoms with Gasteiger partial charge >= 0.3 is 0 Å². The molecule has 0 spiro atoms. The third kappa shape index (κ3) is 3.49. The Morgan fingerprint density at radius 2 is 1.70 bits per heavy atom. The zero-order valence-electron chi connectivity index (χ0n) is 16.1. The highest BCUT2D eigenvalue weighted by atomic mass is 32.1. The van der Waals surface area contributed by atoms with E-state index < -0.39 is 0 Å². The Morgan fingerprint density at radius 3 is 2.50 bits per heavy atom. The second-order valence-electron chi connectivity index (χ2n) is 6.85. The van der Waals surface area contributed by atoms with Gasteiger partial charge in [0.2, 0.25) is 4.96 Å². The molecule has 0 saturated carbocycles. The second kappa shape index (κ2) is 7.57. The Morgan fingerprint density at radius 1 is 0.933 bits per heavy atom. The molecule has 0 amide bonds. The molecule has 6 heteroatoms. The molecule has 3 aromatic carbocycles. The topological polar surface area (TPSA) is 56.5 Å². The molecule has 0 bridgehead atoms. The maximum Gasteiger partial charge on any atom is 0.291 e. The lowest BCUT2D eigenvalue weighted by Gasteiger charge is -2.05. The number of hydrogen-bond donors (Lipinski definition) is 0. The fraction of sp³-hybridized carbons (Fsp3) is 0.0417. The number of benzene rings is 3. The van der Waals surface area contributed by atoms with E-state index in [-0.39, 0.29) is 5.56 Å². The van der Waals surface area contributed by atoms with Crippen LogP contribution in [0, 0.1) is 6.92 Å². The van der Waals surface area contributed by atoms with Gasteiger partial charge in [0.1, 0.15) is 11.5 Å². The van der Waals surface area contributed by atoms with Crippen molar-refractivity contribution >= 4 is 22.4 Å². The molecular weight excluding hydrogens is 394 g/mol. The zero-order chi connectivity index (χ0) is 20.5. The molecule has 0 atom stereocenters. The molecule has 0 fully saturated rings. The molecule has 30 heavy (non-hydrogen) atoms. The average Bonchev–Trinajstić information content (AvgIpc) is 3.29. The summed E-state index contributed by atoms with van der Waals surface area (Å²) in [7, 11) is 0. The minimum atomic E-state index is -0.170. The first kappa shape index (κ1) is 18.3. The fourth-order valence-electron chi connectivity index (χ4n) is 3.22. The van der Waals surface area contributed by atoms with Crippen molar-refractivity contribution in [1.29, 1.82) is 0 Å². The van der Waals surface area contributed by atoms with E-state index in [0.29, 0.717) is 21.1 Å². The quantitative estimate of drug-likeness (QED) is 0.438. The van der Waals surface area contributed by atoms with Gasteiger partial charge in [-0.25, -0.2) is 0 Å². The van der Waals surface area contributed by atoms with Crippen LogP contribution in [0.3, 0.4) is 0 Å². The van der Waals surface area contributed by atoms with Crippen molar-refractivity contribution in [2.45, 2.75) is 6.92 Å². The maximum atomic E-state index is 12.8. The fourth-order valence-corrected chi connectivity index (χ4v) is 4.12. The van der Waals surface area contributed by atoms with Crippen molar-refractivity contribution in [3.63, 3.8) is 0 Å². The van der Waals surface area contributed by atoms with Crippen molar-refractivity contribution < 1.29 is 4.74 Å². The van der Waals surface area contributed by atoms with Crippen LogP contribution in [0.4, 0.5) is 0 Å². The van der Waals surface area contributed by atoms with Gasteiger partial charge in [-0.2, -0.15) is 9.50 Å². The van der Waals surface area contributed by atoms with Gasteiger partial charge in [-0.1, -0.05) is 65.9 Å². The number of ether oxygens (including phenoxy) is 1. The van der Waals surface area contributed by atoms with Crippen LogP contribution >= 0.6 is 11.3 Å². The van der Waals surface area contributed by atoms with Gasteiger partial charge in [0.15, 0.2) is 5.82 Å². The van der Waals surface area contributed by atoms with Crippen molar-refractivity contribution in [3.8, 4) is 22.9 Å². The van der Waals surface area contributed by atoms with E-state index >= 15 is 0 Å². The molecule has 0 N–H and O–H groups in total. The minimum Gasteiger partial charge on any atom is -0.457 e. The summed E-state index contributed by atoms with van der Waals surface area (Å²) >= 11 is 1.33. The van der Waals surface area contributed by atoms with Crippen LogP contribution in [-0.4, -0.2) is 14.6 Å². The van der Waals surface area contributed by atoms with E-state index in [1.165, 1.54) is 15.9 Å². The lowest BCUT2D eigenvalue weighted by molar-refractivity contribution is 0.482. The standard InChI is InChI=1S/C24H17N3O2S/c1-16-8-5-6-13-20(16)22-25-24-27(26-22)23(28)21(30-24)15-17-9-7-12-19(14-17)29-18-10-3-2-4-11-18/h2-15H,1H3. The van der Waals surface area contributed by atoms with Crippen LogP contribution in [0.2, 0.25) is 0 Å². The lowest BCUT2D eigenvalue weighted by atomic mass is 10.1. The number of hydrogen-bond acceptors (Lipinski definition) is 5. The van der Waals surface area contributed by atoms with Gasteiger partial charge < -0.3 is 4.74 Å². The van der Waals surface area contributed by atoms with Crippen LogP contribution in [-0.2, 0) is 0 Å². The van der Waals surface area contributed by atoms with Gasteiger partial charge in [0.25, 0.3) is 5.56 Å². The van der Waals surface area contributed by atoms with E-state index in [0.717, 1.165) is 22.4 Å². The molecule has 146 valence electrons. The van der Waals surface area contributed by atoms with Crippen LogP contribution in [0.5, 0.6) is 11.5 Å². The molecular formula is C24H17N3O2S. The molecule has 5 nitrogen and oxygen atoms in total. The van der Waals surface area contributed by atoms with Gasteiger partial charge in [-0.3, -0.25) is 4.79 Å². The summed E-state index contributed by atoms with van der Waals surface area (Å²) in [6, 6.07) is 25.1. The average molecular weight is 411 g/mol. The number of fused-ring (bicyclic) bond motifs is 1. The lowest BCUT2D eigenvalue weighted by Crippen LogP contribution is -2.23. The Bertz CT molecular complexity index is 1460. The van der Waals surface area contributed by atoms with Crippen LogP contribution in [0.25, 0.3) is 22.4 Å². The highest BCUT2D eigenvalue weighted by molar-refractivity contribution is 7.15. The molecule has 5 rings (SSSR count). The zero-order valence-corrected chi connectivity index (χ0v) is 17.0. The highest BCUT2D eigenvalue weighted by Gasteiger charge is 2.13. The number of aromatic nitrogens is 3. The van der Waals surface area contributed by atoms with Gasteiger partial charge in [0.05, 0.1) is 4.53 Å². The molecule has 0 unspecified atom stereocenters. The van der Waals surface area contributed by atoms with E-state index in [1.807, 2.05) is 91.9 Å². The predicted octanol–water partition coefficient (Wildman–Crippen LogP) is 4.47. The summed E-state index contributed by atoms with van der Waals surface area (Å²) in [5.74, 6) is 2.05. The van der Waals surface area contributed by atoms with Gasteiger partial charge in [-0.15, -0.1) is 5.10 Å². The first-order valence-electron chi connectivity index (χ1n) is 9.48. The summed E-state index contributed by atoms with van der Waals surface area (Å²) in [6.07, 6.45) is 1.84. The molecule has 0 saturated heterocycles. The molecule has 2 aromatic heterocycles. The number of rotatable bonds is 4. The Balaban J connectivity index is 1.50. The Kier molecular flexibility index (Phi) is 4.61. The van der Waals surface area contributed by atoms with E-state index in [2.05, 4.69) is 10.1 Å². The molecule has 0 aliphatic rings. The Labute approximate surface area is 176 Å². The third-order valence-electron chi connectivity index (χ3n) is 4.70. The molecule has 2 heterocycles. The molecule has 0 radical (unpaired) electrons. The smallest absolute Gasteiger partial charge is 0.291 e. The molecule has 0 aliphatic heterocycles. The summed E-state index contributed by atoms with van der Waals surface area (Å²) < 4.78 is 7.84. The minimum absolute atomic E-state index is 0.170. The van der Waals surface area contributed by atoms with E-state index in [1.54, 1.807) is 0 Å². The van der Waals surface area contributed by atoms with Crippen molar-refractivity contribution in [2.75, 3.05) is 0 Å². The van der Waals surface area contributed by atoms with Crippen molar-refractivity contribution in [3.05, 3.63) is 105 Å². The number of para-hydroxylation sites is 1.